The van der Waals surface area contributed by atoms with Crippen LogP contribution in [0, 0.1) is 0 Å². The topological polar surface area (TPSA) is 46.6 Å². The van der Waals surface area contributed by atoms with Crippen molar-refractivity contribution in [2.45, 2.75) is 13.5 Å². The molecule has 0 aliphatic carbocycles. The second-order valence-electron chi connectivity index (χ2n) is 4.88. The lowest BCUT2D eigenvalue weighted by Crippen LogP contribution is -2.41. The zero-order valence-electron chi connectivity index (χ0n) is 12.1. The number of nitrogens with zero attached hydrogens (tertiary/aromatic N) is 1. The summed E-state index contributed by atoms with van der Waals surface area (Å²) >= 11 is 0. The van der Waals surface area contributed by atoms with E-state index in [0.717, 1.165) is 0 Å². The number of alkyl halides is 2. The summed E-state index contributed by atoms with van der Waals surface area (Å²) in [4.78, 5) is 13.8. The monoisotopic (exact) mass is 329 g/mol. The third kappa shape index (κ3) is 4.37. The molecule has 0 saturated carbocycles. The van der Waals surface area contributed by atoms with Gasteiger partial charge in [-0.25, -0.2) is 0 Å². The summed E-state index contributed by atoms with van der Waals surface area (Å²) in [6.45, 7) is -0.343. The van der Waals surface area contributed by atoms with Gasteiger partial charge in [-0.1, -0.05) is 18.2 Å². The number of amides is 1. The predicted octanol–water partition coefficient (Wildman–Crippen LogP) is 2.28. The molecule has 0 unspecified atom stereocenters. The molecule has 0 bridgehead atoms. The molecule has 2 rings (SSSR count). The standard InChI is InChI=1S/C15H17F2NO3S/c1-11(10-14(19)18-6-8-22(20)9-7-18)12-4-2-3-5-13(12)21-15(16)17/h2-5,10,15H,6-9H2,1H3/b11-10+. The Morgan fingerprint density at radius 3 is 2.59 bits per heavy atom. The van der Waals surface area contributed by atoms with E-state index in [9.17, 15) is 17.8 Å². The Kier molecular flexibility index (Phi) is 5.65. The number of carbonyl (C=O) groups excluding carboxylic acids is 1. The molecule has 0 spiro atoms. The van der Waals surface area contributed by atoms with E-state index in [1.165, 1.54) is 12.1 Å². The van der Waals surface area contributed by atoms with E-state index in [-0.39, 0.29) is 11.7 Å². The summed E-state index contributed by atoms with van der Waals surface area (Å²) in [6, 6.07) is 6.35. The van der Waals surface area contributed by atoms with Crippen LogP contribution in [0.2, 0.25) is 0 Å². The summed E-state index contributed by atoms with van der Waals surface area (Å²) in [5, 5.41) is 0. The fourth-order valence-corrected chi connectivity index (χ4v) is 3.26. The maximum atomic E-state index is 12.4. The molecule has 0 N–H and O–H groups in total. The number of halogens is 2. The number of hydrogen-bond acceptors (Lipinski definition) is 3. The number of ether oxygens (including phenoxy) is 1. The van der Waals surface area contributed by atoms with E-state index in [1.54, 1.807) is 30.0 Å². The van der Waals surface area contributed by atoms with Gasteiger partial charge in [0, 0.05) is 47.0 Å². The van der Waals surface area contributed by atoms with E-state index in [1.807, 2.05) is 0 Å². The molecule has 4 nitrogen and oxygen atoms in total. The molecule has 22 heavy (non-hydrogen) atoms. The van der Waals surface area contributed by atoms with Gasteiger partial charge >= 0.3 is 6.61 Å². The maximum Gasteiger partial charge on any atom is 0.387 e. The highest BCUT2D eigenvalue weighted by Crippen LogP contribution is 2.27. The molecule has 0 aromatic heterocycles. The average Bonchev–Trinajstić information content (AvgIpc) is 2.47. The highest BCUT2D eigenvalue weighted by atomic mass is 32.2. The van der Waals surface area contributed by atoms with Crippen LogP contribution in [0.5, 0.6) is 5.75 Å². The Hall–Kier alpha value is -1.76. The molecule has 0 atom stereocenters. The summed E-state index contributed by atoms with van der Waals surface area (Å²) in [5.41, 5.74) is 1.00. The Morgan fingerprint density at radius 2 is 1.95 bits per heavy atom. The van der Waals surface area contributed by atoms with Crippen molar-refractivity contribution >= 4 is 22.3 Å². The predicted molar refractivity (Wildman–Crippen MR) is 81.2 cm³/mol. The van der Waals surface area contributed by atoms with Gasteiger partial charge < -0.3 is 9.64 Å². The maximum absolute atomic E-state index is 12.4. The average molecular weight is 329 g/mol. The van der Waals surface area contributed by atoms with Crippen LogP contribution < -0.4 is 4.74 Å². The molecule has 0 radical (unpaired) electrons. The molecule has 7 heteroatoms. The molecule has 1 aromatic carbocycles. The number of benzene rings is 1. The zero-order chi connectivity index (χ0) is 16.1. The zero-order valence-corrected chi connectivity index (χ0v) is 12.9. The third-order valence-corrected chi connectivity index (χ3v) is 4.63. The number of hydrogen-bond donors (Lipinski definition) is 0. The van der Waals surface area contributed by atoms with Crippen molar-refractivity contribution in [1.82, 2.24) is 4.90 Å². The van der Waals surface area contributed by atoms with Gasteiger partial charge in [0.2, 0.25) is 5.91 Å². The Morgan fingerprint density at radius 1 is 1.32 bits per heavy atom. The van der Waals surface area contributed by atoms with Crippen LogP contribution in [0.25, 0.3) is 5.57 Å². The third-order valence-electron chi connectivity index (χ3n) is 3.36. The van der Waals surface area contributed by atoms with Crippen LogP contribution in [0.3, 0.4) is 0 Å². The second kappa shape index (κ2) is 7.49. The smallest absolute Gasteiger partial charge is 0.387 e. The van der Waals surface area contributed by atoms with Crippen LogP contribution in [0.1, 0.15) is 12.5 Å². The quantitative estimate of drug-likeness (QED) is 0.796. The largest absolute Gasteiger partial charge is 0.434 e. The van der Waals surface area contributed by atoms with E-state index in [4.69, 9.17) is 0 Å². The van der Waals surface area contributed by atoms with E-state index < -0.39 is 17.4 Å². The molecule has 1 fully saturated rings. The molecule has 1 aliphatic rings. The highest BCUT2D eigenvalue weighted by Gasteiger charge is 2.19. The van der Waals surface area contributed by atoms with Crippen LogP contribution in [0.15, 0.2) is 30.3 Å². The van der Waals surface area contributed by atoms with Gasteiger partial charge in [-0.15, -0.1) is 0 Å². The van der Waals surface area contributed by atoms with Crippen LogP contribution in [-0.2, 0) is 15.6 Å². The summed E-state index contributed by atoms with van der Waals surface area (Å²) in [5.74, 6) is 0.785. The van der Waals surface area contributed by atoms with Gasteiger partial charge in [0.25, 0.3) is 0 Å². The van der Waals surface area contributed by atoms with Gasteiger partial charge in [0.15, 0.2) is 0 Å². The number of allylic oxidation sites excluding steroid dienone is 1. The number of para-hydroxylation sites is 1. The number of rotatable bonds is 4. The summed E-state index contributed by atoms with van der Waals surface area (Å²) in [6.07, 6.45) is 1.40. The second-order valence-corrected chi connectivity index (χ2v) is 6.57. The molecule has 1 saturated heterocycles. The summed E-state index contributed by atoms with van der Waals surface area (Å²) < 4.78 is 40.6. The molecular formula is C15H17F2NO3S. The molecule has 1 heterocycles. The van der Waals surface area contributed by atoms with E-state index >= 15 is 0 Å². The van der Waals surface area contributed by atoms with Crippen molar-refractivity contribution < 1.29 is 22.5 Å². The fraction of sp³-hybridized carbons (Fsp3) is 0.400. The van der Waals surface area contributed by atoms with Crippen molar-refractivity contribution in [3.63, 3.8) is 0 Å². The lowest BCUT2D eigenvalue weighted by Gasteiger charge is -2.25. The van der Waals surface area contributed by atoms with E-state index in [0.29, 0.717) is 35.7 Å². The summed E-state index contributed by atoms with van der Waals surface area (Å²) in [7, 11) is -0.854. The SMILES string of the molecule is C/C(=C\C(=O)N1CCS(=O)CC1)c1ccccc1OC(F)F. The lowest BCUT2D eigenvalue weighted by atomic mass is 10.1. The first kappa shape index (κ1) is 16.6. The Balaban J connectivity index is 2.15. The van der Waals surface area contributed by atoms with Crippen molar-refractivity contribution in [3.8, 4) is 5.75 Å². The minimum atomic E-state index is -2.92. The van der Waals surface area contributed by atoms with Crippen molar-refractivity contribution in [2.75, 3.05) is 24.6 Å². The van der Waals surface area contributed by atoms with Gasteiger partial charge in [-0.2, -0.15) is 8.78 Å². The van der Waals surface area contributed by atoms with E-state index in [2.05, 4.69) is 4.74 Å². The van der Waals surface area contributed by atoms with Gasteiger partial charge in [0.1, 0.15) is 5.75 Å². The van der Waals surface area contributed by atoms with Gasteiger partial charge in [-0.3, -0.25) is 9.00 Å². The first-order valence-corrected chi connectivity index (χ1v) is 8.32. The van der Waals surface area contributed by atoms with Gasteiger partial charge in [0.05, 0.1) is 0 Å². The van der Waals surface area contributed by atoms with Crippen LogP contribution in [0.4, 0.5) is 8.78 Å². The lowest BCUT2D eigenvalue weighted by molar-refractivity contribution is -0.125. The normalized spacial score (nSPS) is 16.9. The molecular weight excluding hydrogens is 312 g/mol. The highest BCUT2D eigenvalue weighted by molar-refractivity contribution is 7.85. The van der Waals surface area contributed by atoms with Crippen LogP contribution >= 0.6 is 0 Å². The molecule has 1 amide bonds. The molecule has 1 aromatic rings. The van der Waals surface area contributed by atoms with Crippen LogP contribution in [-0.4, -0.2) is 46.2 Å². The molecule has 1 aliphatic heterocycles. The van der Waals surface area contributed by atoms with Gasteiger partial charge in [-0.05, 0) is 18.6 Å². The fourth-order valence-electron chi connectivity index (χ4n) is 2.20. The van der Waals surface area contributed by atoms with Crippen molar-refractivity contribution in [1.29, 1.82) is 0 Å². The number of carbonyl (C=O) groups is 1. The Labute approximate surface area is 130 Å². The first-order valence-electron chi connectivity index (χ1n) is 6.84. The first-order chi connectivity index (χ1) is 10.5. The molecule has 120 valence electrons. The Bertz CT molecular complexity index is 594. The van der Waals surface area contributed by atoms with Crippen molar-refractivity contribution in [3.05, 3.63) is 35.9 Å². The van der Waals surface area contributed by atoms with Crippen molar-refractivity contribution in [2.24, 2.45) is 0 Å². The minimum absolute atomic E-state index is 0.0406. The minimum Gasteiger partial charge on any atom is -0.434 e.